The molecule has 1 aliphatic rings. The second kappa shape index (κ2) is 2.68. The van der Waals surface area contributed by atoms with Gasteiger partial charge < -0.3 is 5.32 Å². The Morgan fingerprint density at radius 2 is 2.00 bits per heavy atom. The summed E-state index contributed by atoms with van der Waals surface area (Å²) in [5.74, 6) is -0.676. The number of sulfonamides is 1. The molecule has 2 rings (SSSR count). The van der Waals surface area contributed by atoms with Crippen LogP contribution in [0.4, 0.5) is 14.9 Å². The van der Waals surface area contributed by atoms with E-state index in [0.29, 0.717) is 0 Å². The predicted molar refractivity (Wildman–Crippen MR) is 45.7 cm³/mol. The number of anilines is 1. The van der Waals surface area contributed by atoms with E-state index in [1.54, 1.807) is 4.72 Å². The molecular weight excluding hydrogens is 211 g/mol. The molecule has 0 unspecified atom stereocenters. The van der Waals surface area contributed by atoms with Crippen molar-refractivity contribution >= 4 is 21.7 Å². The third-order valence-electron chi connectivity index (χ3n) is 1.71. The van der Waals surface area contributed by atoms with E-state index in [2.05, 4.69) is 5.32 Å². The summed E-state index contributed by atoms with van der Waals surface area (Å²) < 4.78 is 37.0. The molecule has 0 saturated carbocycles. The summed E-state index contributed by atoms with van der Waals surface area (Å²) in [6, 6.07) is 2.27. The molecule has 0 saturated heterocycles. The molecular formula is C7H5FN2O3S. The molecule has 0 spiro atoms. The van der Waals surface area contributed by atoms with Crippen molar-refractivity contribution in [1.29, 1.82) is 0 Å². The van der Waals surface area contributed by atoms with Crippen LogP contribution in [0.3, 0.4) is 0 Å². The van der Waals surface area contributed by atoms with Gasteiger partial charge in [0.05, 0.1) is 5.69 Å². The van der Waals surface area contributed by atoms with E-state index in [9.17, 15) is 17.6 Å². The van der Waals surface area contributed by atoms with Crippen molar-refractivity contribution in [3.8, 4) is 0 Å². The molecule has 0 aliphatic carbocycles. The number of amides is 2. The molecule has 0 aromatic heterocycles. The van der Waals surface area contributed by atoms with Gasteiger partial charge in [-0.3, -0.25) is 0 Å². The molecule has 0 fully saturated rings. The first-order chi connectivity index (χ1) is 6.49. The molecule has 1 heterocycles. The highest BCUT2D eigenvalue weighted by molar-refractivity contribution is 7.90. The zero-order valence-electron chi connectivity index (χ0n) is 6.74. The Labute approximate surface area is 79.0 Å². The van der Waals surface area contributed by atoms with Gasteiger partial charge in [0.25, 0.3) is 10.0 Å². The summed E-state index contributed by atoms with van der Waals surface area (Å²) in [4.78, 5) is 10.6. The minimum atomic E-state index is -3.92. The Hall–Kier alpha value is -1.63. The van der Waals surface area contributed by atoms with E-state index < -0.39 is 21.9 Å². The second-order valence-corrected chi connectivity index (χ2v) is 4.35. The number of hydrogen-bond acceptors (Lipinski definition) is 3. The maximum atomic E-state index is 12.7. The quantitative estimate of drug-likeness (QED) is 0.668. The van der Waals surface area contributed by atoms with Crippen molar-refractivity contribution in [3.05, 3.63) is 24.0 Å². The van der Waals surface area contributed by atoms with Gasteiger partial charge in [0.15, 0.2) is 0 Å². The van der Waals surface area contributed by atoms with Crippen molar-refractivity contribution in [3.63, 3.8) is 0 Å². The fourth-order valence-electron chi connectivity index (χ4n) is 1.15. The largest absolute Gasteiger partial charge is 0.333 e. The molecule has 0 atom stereocenters. The first kappa shape index (κ1) is 8.95. The summed E-state index contributed by atoms with van der Waals surface area (Å²) in [6.45, 7) is 0. The van der Waals surface area contributed by atoms with Gasteiger partial charge in [-0.15, -0.1) is 0 Å². The molecule has 1 aliphatic heterocycles. The highest BCUT2D eigenvalue weighted by atomic mass is 32.2. The maximum Gasteiger partial charge on any atom is 0.333 e. The van der Waals surface area contributed by atoms with Crippen molar-refractivity contribution in [2.24, 2.45) is 0 Å². The van der Waals surface area contributed by atoms with Crippen LogP contribution in [0.15, 0.2) is 23.1 Å². The molecule has 2 amide bonds. The fourth-order valence-corrected chi connectivity index (χ4v) is 2.23. The average molecular weight is 216 g/mol. The number of carbonyl (C=O) groups is 1. The van der Waals surface area contributed by atoms with Gasteiger partial charge in [0.1, 0.15) is 10.7 Å². The highest BCUT2D eigenvalue weighted by Crippen LogP contribution is 2.24. The lowest BCUT2D eigenvalue weighted by Gasteiger charge is -2.17. The van der Waals surface area contributed by atoms with Crippen molar-refractivity contribution in [2.45, 2.75) is 4.90 Å². The smallest absolute Gasteiger partial charge is 0.306 e. The summed E-state index contributed by atoms with van der Waals surface area (Å²) in [5, 5.41) is 2.25. The van der Waals surface area contributed by atoms with Crippen LogP contribution in [0, 0.1) is 5.82 Å². The topological polar surface area (TPSA) is 75.3 Å². The summed E-state index contributed by atoms with van der Waals surface area (Å²) in [5.41, 5.74) is 0.0788. The lowest BCUT2D eigenvalue weighted by atomic mass is 10.3. The second-order valence-electron chi connectivity index (χ2n) is 2.70. The number of fused-ring (bicyclic) bond motifs is 1. The average Bonchev–Trinajstić information content (AvgIpc) is 2.05. The van der Waals surface area contributed by atoms with Crippen LogP contribution in [0.25, 0.3) is 0 Å². The van der Waals surface area contributed by atoms with Crippen molar-refractivity contribution in [1.82, 2.24) is 4.72 Å². The lowest BCUT2D eigenvalue weighted by Crippen LogP contribution is -2.39. The summed E-state index contributed by atoms with van der Waals surface area (Å²) in [6.07, 6.45) is 0. The SMILES string of the molecule is O=C1Nc2ccc(F)cc2S(=O)(=O)N1. The first-order valence-electron chi connectivity index (χ1n) is 3.62. The molecule has 1 aromatic carbocycles. The number of urea groups is 1. The molecule has 14 heavy (non-hydrogen) atoms. The highest BCUT2D eigenvalue weighted by Gasteiger charge is 2.27. The number of hydrogen-bond donors (Lipinski definition) is 2. The van der Waals surface area contributed by atoms with Gasteiger partial charge >= 0.3 is 6.03 Å². The number of rotatable bonds is 0. The van der Waals surface area contributed by atoms with E-state index in [0.717, 1.165) is 12.1 Å². The summed E-state index contributed by atoms with van der Waals surface area (Å²) in [7, 11) is -3.92. The van der Waals surface area contributed by atoms with Crippen molar-refractivity contribution < 1.29 is 17.6 Å². The predicted octanol–water partition coefficient (Wildman–Crippen LogP) is 0.650. The van der Waals surface area contributed by atoms with Gasteiger partial charge in [-0.2, -0.15) is 0 Å². The van der Waals surface area contributed by atoms with Crippen LogP contribution in [-0.2, 0) is 10.0 Å². The van der Waals surface area contributed by atoms with Gasteiger partial charge in [0.2, 0.25) is 0 Å². The third kappa shape index (κ3) is 1.31. The zero-order chi connectivity index (χ0) is 10.3. The molecule has 1 aromatic rings. The van der Waals surface area contributed by atoms with E-state index >= 15 is 0 Å². The molecule has 5 nitrogen and oxygen atoms in total. The maximum absolute atomic E-state index is 12.7. The van der Waals surface area contributed by atoms with Crippen LogP contribution in [0.1, 0.15) is 0 Å². The standard InChI is InChI=1S/C7H5FN2O3S/c8-4-1-2-5-6(3-4)14(12,13)10-7(11)9-5/h1-3H,(H2,9,10,11). The van der Waals surface area contributed by atoms with E-state index in [1.165, 1.54) is 6.07 Å². The van der Waals surface area contributed by atoms with Crippen molar-refractivity contribution in [2.75, 3.05) is 5.32 Å². The third-order valence-corrected chi connectivity index (χ3v) is 3.08. The minimum Gasteiger partial charge on any atom is -0.306 e. The number of halogens is 1. The molecule has 0 bridgehead atoms. The van der Waals surface area contributed by atoms with E-state index in [-0.39, 0.29) is 10.6 Å². The minimum absolute atomic E-state index is 0.0788. The number of carbonyl (C=O) groups excluding carboxylic acids is 1. The summed E-state index contributed by atoms with van der Waals surface area (Å²) >= 11 is 0. The molecule has 74 valence electrons. The van der Waals surface area contributed by atoms with Gasteiger partial charge in [-0.05, 0) is 18.2 Å². The van der Waals surface area contributed by atoms with Crippen LogP contribution in [0.5, 0.6) is 0 Å². The number of benzene rings is 1. The van der Waals surface area contributed by atoms with Gasteiger partial charge in [-0.1, -0.05) is 0 Å². The zero-order valence-corrected chi connectivity index (χ0v) is 7.56. The Morgan fingerprint density at radius 1 is 1.29 bits per heavy atom. The Balaban J connectivity index is 2.71. The van der Waals surface area contributed by atoms with Gasteiger partial charge in [0, 0.05) is 0 Å². The molecule has 2 N–H and O–H groups in total. The number of nitrogens with one attached hydrogen (secondary N) is 2. The normalized spacial score (nSPS) is 17.9. The molecule has 7 heteroatoms. The Kier molecular flexibility index (Phi) is 1.71. The van der Waals surface area contributed by atoms with E-state index in [4.69, 9.17) is 0 Å². The Morgan fingerprint density at radius 3 is 2.71 bits per heavy atom. The fraction of sp³-hybridized carbons (Fsp3) is 0. The van der Waals surface area contributed by atoms with Crippen LogP contribution < -0.4 is 10.0 Å². The van der Waals surface area contributed by atoms with Gasteiger partial charge in [-0.25, -0.2) is 22.3 Å². The first-order valence-corrected chi connectivity index (χ1v) is 5.11. The Bertz CT molecular complexity index is 512. The lowest BCUT2D eigenvalue weighted by molar-refractivity contribution is 0.256. The van der Waals surface area contributed by atoms with Crippen LogP contribution >= 0.6 is 0 Å². The van der Waals surface area contributed by atoms with E-state index in [1.807, 2.05) is 0 Å². The van der Waals surface area contributed by atoms with Crippen LogP contribution in [-0.4, -0.2) is 14.4 Å². The van der Waals surface area contributed by atoms with Crippen LogP contribution in [0.2, 0.25) is 0 Å². The molecule has 0 radical (unpaired) electrons. The monoisotopic (exact) mass is 216 g/mol.